The minimum absolute atomic E-state index is 0.0289. The van der Waals surface area contributed by atoms with Gasteiger partial charge in [-0.25, -0.2) is 0 Å². The number of hydrogen-bond donors (Lipinski definition) is 2. The largest absolute Gasteiger partial charge is 0.376 e. The van der Waals surface area contributed by atoms with Gasteiger partial charge in [0.05, 0.1) is 6.10 Å². The lowest BCUT2D eigenvalue weighted by Gasteiger charge is -2.11. The number of amides is 2. The smallest absolute Gasteiger partial charge is 0.313 e. The van der Waals surface area contributed by atoms with Crippen LogP contribution in [0.25, 0.3) is 0 Å². The van der Waals surface area contributed by atoms with Crippen LogP contribution in [0, 0.1) is 6.92 Å². The number of ether oxygens (including phenoxy) is 1. The molecule has 0 aliphatic carbocycles. The summed E-state index contributed by atoms with van der Waals surface area (Å²) in [5, 5.41) is 5.19. The Hall–Kier alpha value is -1.40. The summed E-state index contributed by atoms with van der Waals surface area (Å²) in [5.41, 5.74) is 1.52. The van der Waals surface area contributed by atoms with Gasteiger partial charge in [0.15, 0.2) is 0 Å². The molecule has 2 rings (SSSR count). The van der Waals surface area contributed by atoms with Crippen LogP contribution in [0.4, 0.5) is 5.69 Å². The number of aryl methyl sites for hydroxylation is 1. The summed E-state index contributed by atoms with van der Waals surface area (Å²) in [7, 11) is 0. The topological polar surface area (TPSA) is 67.4 Å². The first kappa shape index (κ1) is 15.0. The Balaban J connectivity index is 1.85. The summed E-state index contributed by atoms with van der Waals surface area (Å²) in [6, 6.07) is 5.44. The van der Waals surface area contributed by atoms with Gasteiger partial charge < -0.3 is 15.4 Å². The average Bonchev–Trinajstić information content (AvgIpc) is 2.92. The van der Waals surface area contributed by atoms with Crippen LogP contribution in [-0.4, -0.2) is 31.1 Å². The van der Waals surface area contributed by atoms with Crippen LogP contribution in [0.5, 0.6) is 0 Å². The quantitative estimate of drug-likeness (QED) is 0.827. The normalized spacial score (nSPS) is 17.8. The van der Waals surface area contributed by atoms with Crippen LogP contribution in [0.2, 0.25) is 0 Å². The number of benzene rings is 1. The summed E-state index contributed by atoms with van der Waals surface area (Å²) in [5.74, 6) is -1.30. The molecule has 1 aliphatic rings. The molecule has 1 heterocycles. The third kappa shape index (κ3) is 4.05. The molecule has 20 heavy (non-hydrogen) atoms. The van der Waals surface area contributed by atoms with Crippen LogP contribution in [-0.2, 0) is 14.3 Å². The number of hydrogen-bond acceptors (Lipinski definition) is 3. The maximum absolute atomic E-state index is 11.8. The van der Waals surface area contributed by atoms with Crippen molar-refractivity contribution in [2.75, 3.05) is 18.5 Å². The second-order valence-corrected chi connectivity index (χ2v) is 5.67. The standard InChI is InChI=1S/C14H17BrN2O3/c1-9-7-10(15)4-5-12(9)17-14(19)13(18)16-8-11-3-2-6-20-11/h4-5,7,11H,2-3,6,8H2,1H3,(H,16,18)(H,17,19)/t11-/m1/s1. The number of carbonyl (C=O) groups is 2. The summed E-state index contributed by atoms with van der Waals surface area (Å²) < 4.78 is 6.31. The fourth-order valence-corrected chi connectivity index (χ4v) is 2.51. The van der Waals surface area contributed by atoms with E-state index in [4.69, 9.17) is 4.74 Å². The molecule has 108 valence electrons. The highest BCUT2D eigenvalue weighted by Crippen LogP contribution is 2.19. The fourth-order valence-electron chi connectivity index (χ4n) is 2.04. The van der Waals surface area contributed by atoms with Gasteiger partial charge in [0, 0.05) is 23.3 Å². The molecular formula is C14H17BrN2O3. The van der Waals surface area contributed by atoms with Crippen LogP contribution in [0.3, 0.4) is 0 Å². The van der Waals surface area contributed by atoms with Crippen molar-refractivity contribution in [3.05, 3.63) is 28.2 Å². The summed E-state index contributed by atoms with van der Waals surface area (Å²) >= 11 is 3.35. The van der Waals surface area contributed by atoms with Gasteiger partial charge in [-0.2, -0.15) is 0 Å². The zero-order valence-corrected chi connectivity index (χ0v) is 12.8. The van der Waals surface area contributed by atoms with E-state index in [2.05, 4.69) is 26.6 Å². The van der Waals surface area contributed by atoms with E-state index in [0.717, 1.165) is 29.5 Å². The third-order valence-electron chi connectivity index (χ3n) is 3.16. The van der Waals surface area contributed by atoms with Crippen molar-refractivity contribution in [2.45, 2.75) is 25.9 Å². The molecule has 1 aromatic rings. The van der Waals surface area contributed by atoms with E-state index in [9.17, 15) is 9.59 Å². The molecule has 0 saturated carbocycles. The fraction of sp³-hybridized carbons (Fsp3) is 0.429. The van der Waals surface area contributed by atoms with Crippen molar-refractivity contribution in [1.82, 2.24) is 5.32 Å². The average molecular weight is 341 g/mol. The molecule has 0 spiro atoms. The molecule has 1 fully saturated rings. The SMILES string of the molecule is Cc1cc(Br)ccc1NC(=O)C(=O)NC[C@H]1CCCO1. The van der Waals surface area contributed by atoms with Gasteiger partial charge in [0.1, 0.15) is 0 Å². The molecule has 0 aromatic heterocycles. The zero-order valence-electron chi connectivity index (χ0n) is 11.2. The Morgan fingerprint density at radius 1 is 1.40 bits per heavy atom. The minimum Gasteiger partial charge on any atom is -0.376 e. The lowest BCUT2D eigenvalue weighted by Crippen LogP contribution is -2.39. The van der Waals surface area contributed by atoms with Crippen LogP contribution < -0.4 is 10.6 Å². The minimum atomic E-state index is -0.659. The van der Waals surface area contributed by atoms with Gasteiger partial charge in [0.25, 0.3) is 0 Å². The molecule has 2 N–H and O–H groups in total. The van der Waals surface area contributed by atoms with E-state index in [1.807, 2.05) is 19.1 Å². The maximum atomic E-state index is 11.8. The maximum Gasteiger partial charge on any atom is 0.313 e. The van der Waals surface area contributed by atoms with E-state index in [0.29, 0.717) is 12.2 Å². The van der Waals surface area contributed by atoms with E-state index in [1.165, 1.54) is 0 Å². The monoisotopic (exact) mass is 340 g/mol. The van der Waals surface area contributed by atoms with Gasteiger partial charge in [0.2, 0.25) is 0 Å². The molecular weight excluding hydrogens is 324 g/mol. The first-order valence-electron chi connectivity index (χ1n) is 6.53. The van der Waals surface area contributed by atoms with E-state index >= 15 is 0 Å². The number of carbonyl (C=O) groups excluding carboxylic acids is 2. The number of rotatable bonds is 3. The van der Waals surface area contributed by atoms with Gasteiger partial charge in [-0.15, -0.1) is 0 Å². The van der Waals surface area contributed by atoms with Crippen molar-refractivity contribution in [2.24, 2.45) is 0 Å². The highest BCUT2D eigenvalue weighted by molar-refractivity contribution is 9.10. The van der Waals surface area contributed by atoms with Gasteiger partial charge in [-0.3, -0.25) is 9.59 Å². The molecule has 1 saturated heterocycles. The molecule has 1 aliphatic heterocycles. The summed E-state index contributed by atoms with van der Waals surface area (Å²) in [6.45, 7) is 2.97. The molecule has 1 aromatic carbocycles. The Kier molecular flexibility index (Phi) is 5.14. The Morgan fingerprint density at radius 2 is 2.20 bits per heavy atom. The lowest BCUT2D eigenvalue weighted by atomic mass is 10.2. The predicted octanol–water partition coefficient (Wildman–Crippen LogP) is 1.99. The molecule has 0 radical (unpaired) electrons. The van der Waals surface area contributed by atoms with Crippen molar-refractivity contribution in [3.63, 3.8) is 0 Å². The van der Waals surface area contributed by atoms with Crippen molar-refractivity contribution in [1.29, 1.82) is 0 Å². The Morgan fingerprint density at radius 3 is 2.85 bits per heavy atom. The number of anilines is 1. The van der Waals surface area contributed by atoms with Gasteiger partial charge >= 0.3 is 11.8 Å². The first-order chi connectivity index (χ1) is 9.56. The molecule has 5 nitrogen and oxygen atoms in total. The number of halogens is 1. The zero-order chi connectivity index (χ0) is 14.5. The second kappa shape index (κ2) is 6.85. The van der Waals surface area contributed by atoms with Crippen LogP contribution in [0.1, 0.15) is 18.4 Å². The molecule has 1 atom stereocenters. The molecule has 6 heteroatoms. The lowest BCUT2D eigenvalue weighted by molar-refractivity contribution is -0.136. The van der Waals surface area contributed by atoms with Crippen molar-refractivity contribution in [3.8, 4) is 0 Å². The molecule has 0 unspecified atom stereocenters. The summed E-state index contributed by atoms with van der Waals surface area (Å²) in [6.07, 6.45) is 1.96. The first-order valence-corrected chi connectivity index (χ1v) is 7.32. The van der Waals surface area contributed by atoms with Gasteiger partial charge in [-0.05, 0) is 43.5 Å². The Bertz CT molecular complexity index is 513. The second-order valence-electron chi connectivity index (χ2n) is 4.76. The highest BCUT2D eigenvalue weighted by atomic mass is 79.9. The van der Waals surface area contributed by atoms with E-state index in [-0.39, 0.29) is 6.10 Å². The van der Waals surface area contributed by atoms with Crippen molar-refractivity contribution < 1.29 is 14.3 Å². The predicted molar refractivity (Wildman–Crippen MR) is 79.5 cm³/mol. The van der Waals surface area contributed by atoms with E-state index < -0.39 is 11.8 Å². The van der Waals surface area contributed by atoms with Crippen molar-refractivity contribution >= 4 is 33.4 Å². The molecule has 0 bridgehead atoms. The third-order valence-corrected chi connectivity index (χ3v) is 3.65. The van der Waals surface area contributed by atoms with Crippen LogP contribution >= 0.6 is 15.9 Å². The summed E-state index contributed by atoms with van der Waals surface area (Å²) in [4.78, 5) is 23.5. The van der Waals surface area contributed by atoms with Crippen LogP contribution in [0.15, 0.2) is 22.7 Å². The van der Waals surface area contributed by atoms with E-state index in [1.54, 1.807) is 6.07 Å². The number of nitrogens with one attached hydrogen (secondary N) is 2. The molecule has 2 amide bonds. The highest BCUT2D eigenvalue weighted by Gasteiger charge is 2.19. The van der Waals surface area contributed by atoms with Gasteiger partial charge in [-0.1, -0.05) is 15.9 Å². The Labute approximate surface area is 126 Å².